The number of ether oxygens (including phenoxy) is 1. The SMILES string of the molecule is COc1cc([N+]#N)c(N=Nc2ccc([N+](=O)[O-])cc2Cl)cc1C. The second kappa shape index (κ2) is 6.81. The van der Waals surface area contributed by atoms with E-state index >= 15 is 0 Å². The third-order valence-corrected chi connectivity index (χ3v) is 3.31. The average molecular weight is 333 g/mol. The summed E-state index contributed by atoms with van der Waals surface area (Å²) in [5, 5.41) is 27.7. The van der Waals surface area contributed by atoms with Gasteiger partial charge in [-0.15, -0.1) is 10.2 Å². The molecular formula is C14H11ClN5O3+. The minimum Gasteiger partial charge on any atom is -0.496 e. The molecule has 8 nitrogen and oxygen atoms in total. The summed E-state index contributed by atoms with van der Waals surface area (Å²) in [5.41, 5.74) is 1.38. The van der Waals surface area contributed by atoms with E-state index in [1.54, 1.807) is 13.0 Å². The van der Waals surface area contributed by atoms with Crippen LogP contribution in [0.5, 0.6) is 5.75 Å². The molecular weight excluding hydrogens is 322 g/mol. The molecule has 0 N–H and O–H groups in total. The van der Waals surface area contributed by atoms with Crippen LogP contribution in [-0.2, 0) is 0 Å². The predicted octanol–water partition coefficient (Wildman–Crippen LogP) is 5.47. The van der Waals surface area contributed by atoms with Crippen molar-refractivity contribution in [2.24, 2.45) is 10.2 Å². The Labute approximate surface area is 136 Å². The molecule has 0 saturated heterocycles. The van der Waals surface area contributed by atoms with Crippen LogP contribution in [0.1, 0.15) is 5.56 Å². The van der Waals surface area contributed by atoms with E-state index in [0.717, 1.165) is 5.56 Å². The first-order chi connectivity index (χ1) is 11.0. The lowest BCUT2D eigenvalue weighted by Gasteiger charge is -2.02. The lowest BCUT2D eigenvalue weighted by atomic mass is 10.2. The Kier molecular flexibility index (Phi) is 4.83. The lowest BCUT2D eigenvalue weighted by Crippen LogP contribution is -1.86. The van der Waals surface area contributed by atoms with Gasteiger partial charge >= 0.3 is 5.69 Å². The van der Waals surface area contributed by atoms with Crippen molar-refractivity contribution in [3.05, 3.63) is 56.0 Å². The van der Waals surface area contributed by atoms with Gasteiger partial charge in [0.2, 0.25) is 5.39 Å². The van der Waals surface area contributed by atoms with Gasteiger partial charge in [0, 0.05) is 12.1 Å². The van der Waals surface area contributed by atoms with Gasteiger partial charge in [-0.25, -0.2) is 0 Å². The lowest BCUT2D eigenvalue weighted by molar-refractivity contribution is -0.384. The van der Waals surface area contributed by atoms with E-state index in [0.29, 0.717) is 11.4 Å². The molecule has 23 heavy (non-hydrogen) atoms. The van der Waals surface area contributed by atoms with Crippen LogP contribution in [0.2, 0.25) is 5.02 Å². The number of halogens is 1. The number of nitro groups is 1. The molecule has 0 amide bonds. The molecule has 0 aliphatic carbocycles. The molecule has 0 aromatic heterocycles. The summed E-state index contributed by atoms with van der Waals surface area (Å²) in [6.45, 7) is 1.80. The highest BCUT2D eigenvalue weighted by Gasteiger charge is 2.18. The minimum absolute atomic E-state index is 0.0932. The van der Waals surface area contributed by atoms with E-state index in [-0.39, 0.29) is 22.1 Å². The standard InChI is InChI=1S/C14H11ClN5O3/c1-8-5-13(12(17-16)7-14(8)23-2)19-18-11-4-3-9(20(21)22)6-10(11)15/h3-7H,1-2H3/q+1. The number of azo groups is 1. The number of diazo groups is 1. The molecule has 2 rings (SSSR count). The fraction of sp³-hybridized carbons (Fsp3) is 0.143. The molecule has 2 aromatic carbocycles. The molecule has 0 radical (unpaired) electrons. The number of nitrogens with zero attached hydrogens (tertiary/aromatic N) is 5. The number of rotatable bonds is 4. The van der Waals surface area contributed by atoms with Crippen molar-refractivity contribution in [1.82, 2.24) is 0 Å². The third-order valence-electron chi connectivity index (χ3n) is 3.01. The topological polar surface area (TPSA) is 105 Å². The Morgan fingerprint density at radius 2 is 1.96 bits per heavy atom. The van der Waals surface area contributed by atoms with Crippen molar-refractivity contribution in [2.75, 3.05) is 7.11 Å². The van der Waals surface area contributed by atoms with Crippen molar-refractivity contribution in [3.8, 4) is 5.75 Å². The minimum atomic E-state index is -0.553. The summed E-state index contributed by atoms with van der Waals surface area (Å²) < 4.78 is 5.13. The summed E-state index contributed by atoms with van der Waals surface area (Å²) in [7, 11) is 1.50. The molecule has 0 spiro atoms. The first-order valence-corrected chi connectivity index (χ1v) is 6.73. The van der Waals surface area contributed by atoms with Gasteiger partial charge in [0.05, 0.1) is 23.1 Å². The van der Waals surface area contributed by atoms with Gasteiger partial charge in [0.25, 0.3) is 5.69 Å². The highest BCUT2D eigenvalue weighted by atomic mass is 35.5. The Morgan fingerprint density at radius 3 is 2.52 bits per heavy atom. The molecule has 0 fully saturated rings. The maximum absolute atomic E-state index is 10.7. The zero-order valence-electron chi connectivity index (χ0n) is 12.2. The van der Waals surface area contributed by atoms with Crippen LogP contribution in [0.3, 0.4) is 0 Å². The number of hydrogen-bond acceptors (Lipinski definition) is 6. The molecule has 0 heterocycles. The Hall–Kier alpha value is -3.05. The largest absolute Gasteiger partial charge is 0.496 e. The Morgan fingerprint density at radius 1 is 1.26 bits per heavy atom. The summed E-state index contributed by atoms with van der Waals surface area (Å²) in [5.74, 6) is 0.546. The van der Waals surface area contributed by atoms with E-state index in [1.165, 1.54) is 31.4 Å². The van der Waals surface area contributed by atoms with E-state index in [2.05, 4.69) is 15.2 Å². The van der Waals surface area contributed by atoms with Crippen LogP contribution in [0.15, 0.2) is 40.6 Å². The average Bonchev–Trinajstić information content (AvgIpc) is 2.53. The number of hydrogen-bond donors (Lipinski definition) is 0. The summed E-state index contributed by atoms with van der Waals surface area (Å²) in [4.78, 5) is 13.2. The van der Waals surface area contributed by atoms with Crippen LogP contribution >= 0.6 is 11.6 Å². The quantitative estimate of drug-likeness (QED) is 0.320. The van der Waals surface area contributed by atoms with Crippen molar-refractivity contribution >= 4 is 34.4 Å². The Bertz CT molecular complexity index is 845. The summed E-state index contributed by atoms with van der Waals surface area (Å²) in [6, 6.07) is 7.00. The fourth-order valence-corrected chi connectivity index (χ4v) is 2.05. The normalized spacial score (nSPS) is 10.5. The molecule has 2 aromatic rings. The van der Waals surface area contributed by atoms with Crippen LogP contribution in [-0.4, -0.2) is 12.0 Å². The fourth-order valence-electron chi connectivity index (χ4n) is 1.84. The number of nitro benzene ring substituents is 1. The second-order valence-corrected chi connectivity index (χ2v) is 4.91. The third kappa shape index (κ3) is 3.59. The second-order valence-electron chi connectivity index (χ2n) is 4.50. The van der Waals surface area contributed by atoms with Crippen molar-refractivity contribution in [2.45, 2.75) is 6.92 Å². The number of benzene rings is 2. The van der Waals surface area contributed by atoms with Crippen LogP contribution in [0.4, 0.5) is 22.7 Å². The predicted molar refractivity (Wildman–Crippen MR) is 84.8 cm³/mol. The van der Waals surface area contributed by atoms with Crippen LogP contribution in [0, 0.1) is 22.4 Å². The molecule has 9 heteroatoms. The maximum Gasteiger partial charge on any atom is 0.415 e. The van der Waals surface area contributed by atoms with Crippen molar-refractivity contribution < 1.29 is 9.66 Å². The van der Waals surface area contributed by atoms with E-state index in [9.17, 15) is 10.1 Å². The number of aryl methyl sites for hydroxylation is 1. The van der Waals surface area contributed by atoms with E-state index < -0.39 is 4.92 Å². The van der Waals surface area contributed by atoms with Gasteiger partial charge in [-0.1, -0.05) is 11.6 Å². The van der Waals surface area contributed by atoms with Gasteiger partial charge in [0.1, 0.15) is 11.4 Å². The van der Waals surface area contributed by atoms with Gasteiger partial charge in [-0.3, -0.25) is 10.1 Å². The molecule has 0 aliphatic rings. The first-order valence-electron chi connectivity index (χ1n) is 6.35. The molecule has 0 atom stereocenters. The number of non-ortho nitro benzene ring substituents is 1. The first kappa shape index (κ1) is 16.3. The van der Waals surface area contributed by atoms with Crippen molar-refractivity contribution in [1.29, 1.82) is 5.39 Å². The maximum atomic E-state index is 10.7. The van der Waals surface area contributed by atoms with Crippen LogP contribution in [0.25, 0.3) is 4.98 Å². The molecule has 0 bridgehead atoms. The highest BCUT2D eigenvalue weighted by molar-refractivity contribution is 6.33. The zero-order chi connectivity index (χ0) is 17.0. The van der Waals surface area contributed by atoms with Crippen LogP contribution < -0.4 is 4.74 Å². The highest BCUT2D eigenvalue weighted by Crippen LogP contribution is 2.37. The zero-order valence-corrected chi connectivity index (χ0v) is 13.0. The smallest absolute Gasteiger partial charge is 0.415 e. The Balaban J connectivity index is 2.39. The van der Waals surface area contributed by atoms with E-state index in [4.69, 9.17) is 21.7 Å². The van der Waals surface area contributed by atoms with E-state index in [1.807, 2.05) is 0 Å². The monoisotopic (exact) mass is 332 g/mol. The molecule has 0 aliphatic heterocycles. The summed E-state index contributed by atoms with van der Waals surface area (Å²) in [6.07, 6.45) is 0. The van der Waals surface area contributed by atoms with Crippen molar-refractivity contribution in [3.63, 3.8) is 0 Å². The van der Waals surface area contributed by atoms with Gasteiger partial charge < -0.3 is 4.74 Å². The molecule has 0 unspecified atom stereocenters. The summed E-state index contributed by atoms with van der Waals surface area (Å²) >= 11 is 5.94. The molecule has 116 valence electrons. The molecule has 0 saturated carbocycles. The van der Waals surface area contributed by atoms with Gasteiger partial charge in [-0.05, 0) is 24.6 Å². The van der Waals surface area contributed by atoms with Gasteiger partial charge in [0.15, 0.2) is 10.7 Å². The van der Waals surface area contributed by atoms with Gasteiger partial charge in [-0.2, -0.15) is 0 Å². The number of methoxy groups -OCH3 is 1.